The van der Waals surface area contributed by atoms with Gasteiger partial charge in [-0.3, -0.25) is 0 Å². The van der Waals surface area contributed by atoms with E-state index in [1.54, 1.807) is 0 Å². The molecule has 0 bridgehead atoms. The Bertz CT molecular complexity index is 113. The highest BCUT2D eigenvalue weighted by Crippen LogP contribution is 2.44. The van der Waals surface area contributed by atoms with Crippen molar-refractivity contribution >= 4 is 0 Å². The maximum Gasteiger partial charge on any atom is 0.0624 e. The fourth-order valence-corrected chi connectivity index (χ4v) is 1.75. The Balaban J connectivity index is 2.40. The van der Waals surface area contributed by atoms with Crippen LogP contribution in [0, 0.1) is 5.41 Å². The van der Waals surface area contributed by atoms with Gasteiger partial charge in [-0.25, -0.2) is 0 Å². The van der Waals surface area contributed by atoms with Crippen LogP contribution in [0.3, 0.4) is 0 Å². The van der Waals surface area contributed by atoms with Gasteiger partial charge >= 0.3 is 0 Å². The lowest BCUT2D eigenvalue weighted by Gasteiger charge is -2.44. The van der Waals surface area contributed by atoms with E-state index in [-0.39, 0.29) is 18.1 Å². The zero-order valence-corrected chi connectivity index (χ0v) is 7.47. The van der Waals surface area contributed by atoms with E-state index >= 15 is 0 Å². The van der Waals surface area contributed by atoms with Crippen LogP contribution in [0.2, 0.25) is 0 Å². The van der Waals surface area contributed by atoms with Crippen LogP contribution >= 0.6 is 0 Å². The van der Waals surface area contributed by atoms with Crippen molar-refractivity contribution < 1.29 is 9.84 Å². The number of hydrogen-bond donors (Lipinski definition) is 1. The Morgan fingerprint density at radius 1 is 1.55 bits per heavy atom. The van der Waals surface area contributed by atoms with Crippen LogP contribution in [0.5, 0.6) is 0 Å². The van der Waals surface area contributed by atoms with Crippen molar-refractivity contribution in [3.05, 3.63) is 0 Å². The van der Waals surface area contributed by atoms with Gasteiger partial charge in [0.1, 0.15) is 0 Å². The summed E-state index contributed by atoms with van der Waals surface area (Å²) in [5, 5.41) is 9.15. The Morgan fingerprint density at radius 3 is 2.45 bits per heavy atom. The minimum Gasteiger partial charge on any atom is -0.396 e. The summed E-state index contributed by atoms with van der Waals surface area (Å²) < 4.78 is 5.48. The SMILES string of the molecule is CCOC(C)C1(CO)CCC1. The third kappa shape index (κ3) is 1.57. The average Bonchev–Trinajstić information content (AvgIpc) is 1.87. The zero-order chi connectivity index (χ0) is 8.32. The molecule has 0 aromatic rings. The minimum absolute atomic E-state index is 0.107. The van der Waals surface area contributed by atoms with Crippen molar-refractivity contribution in [1.82, 2.24) is 0 Å². The van der Waals surface area contributed by atoms with Crippen LogP contribution < -0.4 is 0 Å². The molecule has 0 amide bonds. The molecule has 1 unspecified atom stereocenters. The van der Waals surface area contributed by atoms with Gasteiger partial charge in [-0.2, -0.15) is 0 Å². The van der Waals surface area contributed by atoms with Gasteiger partial charge in [0, 0.05) is 12.0 Å². The van der Waals surface area contributed by atoms with Crippen molar-refractivity contribution in [1.29, 1.82) is 0 Å². The van der Waals surface area contributed by atoms with Gasteiger partial charge in [-0.05, 0) is 26.7 Å². The van der Waals surface area contributed by atoms with E-state index < -0.39 is 0 Å². The Morgan fingerprint density at radius 2 is 2.18 bits per heavy atom. The Kier molecular flexibility index (Phi) is 2.90. The third-order valence-electron chi connectivity index (χ3n) is 2.94. The van der Waals surface area contributed by atoms with Gasteiger partial charge in [0.25, 0.3) is 0 Å². The lowest BCUT2D eigenvalue weighted by Crippen LogP contribution is -2.44. The number of rotatable bonds is 4. The lowest BCUT2D eigenvalue weighted by molar-refractivity contribution is -0.0947. The fraction of sp³-hybridized carbons (Fsp3) is 1.00. The largest absolute Gasteiger partial charge is 0.396 e. The molecule has 1 atom stereocenters. The van der Waals surface area contributed by atoms with Crippen LogP contribution in [-0.2, 0) is 4.74 Å². The van der Waals surface area contributed by atoms with Gasteiger partial charge in [0.15, 0.2) is 0 Å². The van der Waals surface area contributed by atoms with Crippen molar-refractivity contribution in [3.63, 3.8) is 0 Å². The topological polar surface area (TPSA) is 29.5 Å². The second-order valence-corrected chi connectivity index (χ2v) is 3.47. The van der Waals surface area contributed by atoms with E-state index in [0.717, 1.165) is 19.4 Å². The van der Waals surface area contributed by atoms with Crippen molar-refractivity contribution in [2.45, 2.75) is 39.2 Å². The molecule has 1 aliphatic carbocycles. The molecule has 1 saturated carbocycles. The summed E-state index contributed by atoms with van der Waals surface area (Å²) in [5.41, 5.74) is 0.107. The standard InChI is InChI=1S/C9H18O2/c1-3-11-8(2)9(7-10)5-4-6-9/h8,10H,3-7H2,1-2H3. The monoisotopic (exact) mass is 158 g/mol. The molecule has 1 fully saturated rings. The first-order valence-corrected chi connectivity index (χ1v) is 4.47. The number of ether oxygens (including phenoxy) is 1. The van der Waals surface area contributed by atoms with Crippen LogP contribution in [0.1, 0.15) is 33.1 Å². The summed E-state index contributed by atoms with van der Waals surface area (Å²) in [4.78, 5) is 0. The normalized spacial score (nSPS) is 24.3. The molecule has 0 saturated heterocycles. The van der Waals surface area contributed by atoms with Crippen LogP contribution in [-0.4, -0.2) is 24.4 Å². The number of aliphatic hydroxyl groups is 1. The van der Waals surface area contributed by atoms with Crippen molar-refractivity contribution in [3.8, 4) is 0 Å². The Labute approximate surface area is 68.6 Å². The first-order valence-electron chi connectivity index (χ1n) is 4.47. The molecule has 0 heterocycles. The van der Waals surface area contributed by atoms with Gasteiger partial charge < -0.3 is 9.84 Å². The predicted molar refractivity (Wildman–Crippen MR) is 44.5 cm³/mol. The van der Waals surface area contributed by atoms with Gasteiger partial charge in [-0.15, -0.1) is 0 Å². The quantitative estimate of drug-likeness (QED) is 0.673. The van der Waals surface area contributed by atoms with Gasteiger partial charge in [-0.1, -0.05) is 6.42 Å². The molecule has 0 radical (unpaired) electrons. The fourth-order valence-electron chi connectivity index (χ4n) is 1.75. The molecule has 1 rings (SSSR count). The van der Waals surface area contributed by atoms with Crippen molar-refractivity contribution in [2.75, 3.05) is 13.2 Å². The summed E-state index contributed by atoms with van der Waals surface area (Å²) in [5.74, 6) is 0. The smallest absolute Gasteiger partial charge is 0.0624 e. The van der Waals surface area contributed by atoms with E-state index in [0.29, 0.717) is 0 Å². The van der Waals surface area contributed by atoms with Crippen LogP contribution in [0.25, 0.3) is 0 Å². The number of aliphatic hydroxyl groups excluding tert-OH is 1. The number of hydrogen-bond acceptors (Lipinski definition) is 2. The minimum atomic E-state index is 0.107. The molecule has 1 aliphatic rings. The molecule has 0 aliphatic heterocycles. The summed E-state index contributed by atoms with van der Waals surface area (Å²) in [7, 11) is 0. The molecule has 0 aromatic heterocycles. The summed E-state index contributed by atoms with van der Waals surface area (Å²) in [6, 6.07) is 0. The van der Waals surface area contributed by atoms with Crippen LogP contribution in [0.4, 0.5) is 0 Å². The predicted octanol–water partition coefficient (Wildman–Crippen LogP) is 1.57. The maximum atomic E-state index is 9.15. The van der Waals surface area contributed by atoms with E-state index in [1.165, 1.54) is 6.42 Å². The Hall–Kier alpha value is -0.0800. The summed E-state index contributed by atoms with van der Waals surface area (Å²) >= 11 is 0. The van der Waals surface area contributed by atoms with Gasteiger partial charge in [0.05, 0.1) is 12.7 Å². The van der Waals surface area contributed by atoms with Crippen molar-refractivity contribution in [2.24, 2.45) is 5.41 Å². The summed E-state index contributed by atoms with van der Waals surface area (Å²) in [6.07, 6.45) is 3.74. The lowest BCUT2D eigenvalue weighted by atomic mass is 9.66. The first-order chi connectivity index (χ1) is 5.25. The molecule has 66 valence electrons. The van der Waals surface area contributed by atoms with Crippen LogP contribution in [0.15, 0.2) is 0 Å². The third-order valence-corrected chi connectivity index (χ3v) is 2.94. The highest BCUT2D eigenvalue weighted by molar-refractivity contribution is 4.91. The molecule has 0 spiro atoms. The summed E-state index contributed by atoms with van der Waals surface area (Å²) in [6.45, 7) is 5.11. The first kappa shape index (κ1) is 9.01. The molecule has 11 heavy (non-hydrogen) atoms. The molecule has 1 N–H and O–H groups in total. The molecule has 0 aromatic carbocycles. The van der Waals surface area contributed by atoms with E-state index in [9.17, 15) is 0 Å². The molecule has 2 heteroatoms. The van der Waals surface area contributed by atoms with E-state index in [4.69, 9.17) is 9.84 Å². The highest BCUT2D eigenvalue weighted by Gasteiger charge is 2.41. The molecular formula is C9H18O2. The maximum absolute atomic E-state index is 9.15. The second kappa shape index (κ2) is 3.55. The molecule has 2 nitrogen and oxygen atoms in total. The zero-order valence-electron chi connectivity index (χ0n) is 7.47. The van der Waals surface area contributed by atoms with E-state index in [1.807, 2.05) is 6.92 Å². The molecular weight excluding hydrogens is 140 g/mol. The van der Waals surface area contributed by atoms with Gasteiger partial charge in [0.2, 0.25) is 0 Å². The average molecular weight is 158 g/mol. The highest BCUT2D eigenvalue weighted by atomic mass is 16.5. The second-order valence-electron chi connectivity index (χ2n) is 3.47. The van der Waals surface area contributed by atoms with E-state index in [2.05, 4.69) is 6.92 Å².